The molecule has 0 unspecified atom stereocenters. The van der Waals surface area contributed by atoms with Crippen molar-refractivity contribution in [3.63, 3.8) is 0 Å². The zero-order valence-corrected chi connectivity index (χ0v) is 13.2. The fraction of sp³-hybridized carbons (Fsp3) is 0.375. The largest absolute Gasteiger partial charge is 0.459 e. The number of nitrogens with zero attached hydrogens (tertiary/aromatic N) is 1. The molecule has 2 aromatic heterocycles. The van der Waals surface area contributed by atoms with Crippen LogP contribution in [0.5, 0.6) is 0 Å². The third kappa shape index (κ3) is 3.22. The Kier molecular flexibility index (Phi) is 4.29. The van der Waals surface area contributed by atoms with Crippen LogP contribution in [0.25, 0.3) is 0 Å². The highest BCUT2D eigenvalue weighted by atomic mass is 32.1. The molecule has 0 spiro atoms. The molecule has 22 heavy (non-hydrogen) atoms. The van der Waals surface area contributed by atoms with Crippen LogP contribution in [0.4, 0.5) is 0 Å². The third-order valence-electron chi connectivity index (χ3n) is 3.81. The van der Waals surface area contributed by atoms with Crippen molar-refractivity contribution in [3.05, 3.63) is 46.0 Å². The molecule has 1 aliphatic rings. The van der Waals surface area contributed by atoms with Gasteiger partial charge in [0, 0.05) is 24.0 Å². The van der Waals surface area contributed by atoms with E-state index in [4.69, 9.17) is 4.42 Å². The number of thiophene rings is 1. The van der Waals surface area contributed by atoms with Crippen molar-refractivity contribution in [1.29, 1.82) is 0 Å². The van der Waals surface area contributed by atoms with Gasteiger partial charge < -0.3 is 14.6 Å². The van der Waals surface area contributed by atoms with Gasteiger partial charge in [0.1, 0.15) is 0 Å². The van der Waals surface area contributed by atoms with Crippen LogP contribution in [0.2, 0.25) is 0 Å². The Morgan fingerprint density at radius 1 is 1.27 bits per heavy atom. The molecule has 2 aromatic rings. The van der Waals surface area contributed by atoms with Crippen LogP contribution in [0.3, 0.4) is 0 Å². The quantitative estimate of drug-likeness (QED) is 0.946. The first-order chi connectivity index (χ1) is 10.6. The predicted octanol–water partition coefficient (Wildman–Crippen LogP) is 2.68. The zero-order valence-electron chi connectivity index (χ0n) is 12.4. The number of piperidine rings is 1. The van der Waals surface area contributed by atoms with Gasteiger partial charge >= 0.3 is 0 Å². The van der Waals surface area contributed by atoms with Crippen LogP contribution in [0.1, 0.15) is 37.9 Å². The number of hydrogen-bond acceptors (Lipinski definition) is 4. The minimum Gasteiger partial charge on any atom is -0.459 e. The summed E-state index contributed by atoms with van der Waals surface area (Å²) < 4.78 is 5.14. The molecule has 116 valence electrons. The Morgan fingerprint density at radius 2 is 2.05 bits per heavy atom. The molecule has 1 aliphatic heterocycles. The minimum absolute atomic E-state index is 0.0195. The number of furan rings is 1. The van der Waals surface area contributed by atoms with Gasteiger partial charge in [-0.3, -0.25) is 9.59 Å². The molecule has 0 aromatic carbocycles. The Morgan fingerprint density at radius 3 is 2.64 bits per heavy atom. The van der Waals surface area contributed by atoms with Crippen molar-refractivity contribution < 1.29 is 14.0 Å². The van der Waals surface area contributed by atoms with Crippen molar-refractivity contribution >= 4 is 23.2 Å². The molecule has 2 amide bonds. The van der Waals surface area contributed by atoms with Gasteiger partial charge in [0.2, 0.25) is 0 Å². The first-order valence-corrected chi connectivity index (χ1v) is 8.15. The minimum atomic E-state index is -0.0799. The number of likely N-dealkylation sites (tertiary alicyclic amines) is 1. The highest BCUT2D eigenvalue weighted by Crippen LogP contribution is 2.18. The van der Waals surface area contributed by atoms with E-state index in [1.165, 1.54) is 17.6 Å². The number of carbonyl (C=O) groups excluding carboxylic acids is 2. The average Bonchev–Trinajstić information content (AvgIpc) is 3.18. The number of carbonyl (C=O) groups is 2. The summed E-state index contributed by atoms with van der Waals surface area (Å²) in [5, 5.41) is 3.05. The fourth-order valence-corrected chi connectivity index (χ4v) is 3.37. The van der Waals surface area contributed by atoms with Gasteiger partial charge in [-0.05, 0) is 44.0 Å². The summed E-state index contributed by atoms with van der Waals surface area (Å²) in [7, 11) is 0. The number of aryl methyl sites for hydroxylation is 1. The second kappa shape index (κ2) is 6.36. The summed E-state index contributed by atoms with van der Waals surface area (Å²) in [6.07, 6.45) is 3.04. The maximum Gasteiger partial charge on any atom is 0.289 e. The Hall–Kier alpha value is -2.08. The third-order valence-corrected chi connectivity index (χ3v) is 4.81. The van der Waals surface area contributed by atoms with E-state index in [1.54, 1.807) is 17.0 Å². The van der Waals surface area contributed by atoms with Gasteiger partial charge in [-0.1, -0.05) is 0 Å². The Labute approximate surface area is 132 Å². The molecule has 0 atom stereocenters. The highest BCUT2D eigenvalue weighted by Gasteiger charge is 2.26. The van der Waals surface area contributed by atoms with Gasteiger partial charge in [-0.2, -0.15) is 0 Å². The standard InChI is InChI=1S/C16H18N2O3S/c1-11-4-5-14(22-11)15(19)17-12-6-8-18(9-7-12)16(20)13-3-2-10-21-13/h2-5,10,12H,6-9H2,1H3,(H,17,19). The molecule has 1 fully saturated rings. The Balaban J connectivity index is 1.51. The number of hydrogen-bond donors (Lipinski definition) is 1. The van der Waals surface area contributed by atoms with Gasteiger partial charge in [0.15, 0.2) is 5.76 Å². The van der Waals surface area contributed by atoms with Crippen LogP contribution in [-0.2, 0) is 0 Å². The van der Waals surface area contributed by atoms with Crippen LogP contribution in [0.15, 0.2) is 34.9 Å². The van der Waals surface area contributed by atoms with Crippen molar-refractivity contribution in [3.8, 4) is 0 Å². The van der Waals surface area contributed by atoms with E-state index >= 15 is 0 Å². The summed E-state index contributed by atoms with van der Waals surface area (Å²) in [5.74, 6) is 0.272. The lowest BCUT2D eigenvalue weighted by Crippen LogP contribution is -2.46. The highest BCUT2D eigenvalue weighted by molar-refractivity contribution is 7.13. The number of nitrogens with one attached hydrogen (secondary N) is 1. The van der Waals surface area contributed by atoms with Crippen molar-refractivity contribution in [1.82, 2.24) is 10.2 Å². The molecule has 0 radical (unpaired) electrons. The van der Waals surface area contributed by atoms with E-state index in [2.05, 4.69) is 5.32 Å². The second-order valence-electron chi connectivity index (χ2n) is 5.43. The Bertz CT molecular complexity index is 655. The van der Waals surface area contributed by atoms with Crippen molar-refractivity contribution in [2.24, 2.45) is 0 Å². The summed E-state index contributed by atoms with van der Waals surface area (Å²) in [6, 6.07) is 7.31. The van der Waals surface area contributed by atoms with Crippen LogP contribution in [0, 0.1) is 6.92 Å². The van der Waals surface area contributed by atoms with Crippen LogP contribution >= 0.6 is 11.3 Å². The van der Waals surface area contributed by atoms with E-state index in [9.17, 15) is 9.59 Å². The summed E-state index contributed by atoms with van der Waals surface area (Å²) >= 11 is 1.50. The monoisotopic (exact) mass is 318 g/mol. The fourth-order valence-electron chi connectivity index (χ4n) is 2.60. The summed E-state index contributed by atoms with van der Waals surface area (Å²) in [6.45, 7) is 3.25. The predicted molar refractivity (Wildman–Crippen MR) is 84.2 cm³/mol. The summed E-state index contributed by atoms with van der Waals surface area (Å²) in [4.78, 5) is 27.9. The van der Waals surface area contributed by atoms with Gasteiger partial charge in [0.25, 0.3) is 11.8 Å². The van der Waals surface area contributed by atoms with Crippen LogP contribution < -0.4 is 5.32 Å². The molecule has 3 rings (SSSR count). The lowest BCUT2D eigenvalue weighted by molar-refractivity contribution is 0.0667. The first kappa shape index (κ1) is 14.8. The lowest BCUT2D eigenvalue weighted by atomic mass is 10.0. The second-order valence-corrected chi connectivity index (χ2v) is 6.72. The van der Waals surface area contributed by atoms with Crippen molar-refractivity contribution in [2.45, 2.75) is 25.8 Å². The number of amides is 2. The average molecular weight is 318 g/mol. The first-order valence-electron chi connectivity index (χ1n) is 7.33. The van der Waals surface area contributed by atoms with E-state index in [0.29, 0.717) is 18.8 Å². The molecule has 3 heterocycles. The SMILES string of the molecule is Cc1ccc(C(=O)NC2CCN(C(=O)c3ccco3)CC2)s1. The molecular formula is C16H18N2O3S. The summed E-state index contributed by atoms with van der Waals surface area (Å²) in [5.41, 5.74) is 0. The maximum absolute atomic E-state index is 12.2. The number of rotatable bonds is 3. The zero-order chi connectivity index (χ0) is 15.5. The molecule has 6 heteroatoms. The smallest absolute Gasteiger partial charge is 0.289 e. The molecule has 5 nitrogen and oxygen atoms in total. The lowest BCUT2D eigenvalue weighted by Gasteiger charge is -2.31. The molecule has 1 N–H and O–H groups in total. The van der Waals surface area contributed by atoms with E-state index in [0.717, 1.165) is 22.6 Å². The van der Waals surface area contributed by atoms with E-state index in [-0.39, 0.29) is 17.9 Å². The van der Waals surface area contributed by atoms with Crippen LogP contribution in [-0.4, -0.2) is 35.8 Å². The topological polar surface area (TPSA) is 62.6 Å². The van der Waals surface area contributed by atoms with Gasteiger partial charge in [0.05, 0.1) is 11.1 Å². The van der Waals surface area contributed by atoms with E-state index < -0.39 is 0 Å². The maximum atomic E-state index is 12.2. The van der Waals surface area contributed by atoms with E-state index in [1.807, 2.05) is 19.1 Å². The molecule has 0 bridgehead atoms. The molecule has 0 aliphatic carbocycles. The molecular weight excluding hydrogens is 300 g/mol. The normalized spacial score (nSPS) is 15.8. The molecule has 0 saturated carbocycles. The van der Waals surface area contributed by atoms with Crippen molar-refractivity contribution in [2.75, 3.05) is 13.1 Å². The van der Waals surface area contributed by atoms with Gasteiger partial charge in [-0.25, -0.2) is 0 Å². The van der Waals surface area contributed by atoms with Gasteiger partial charge in [-0.15, -0.1) is 11.3 Å². The molecule has 1 saturated heterocycles.